The van der Waals surface area contributed by atoms with Crippen LogP contribution in [0.3, 0.4) is 0 Å². The van der Waals surface area contributed by atoms with E-state index in [9.17, 15) is 0 Å². The van der Waals surface area contributed by atoms with Crippen LogP contribution >= 0.6 is 11.6 Å². The minimum absolute atomic E-state index is 0.478. The molecular weight excluding hydrogens is 174 g/mol. The summed E-state index contributed by atoms with van der Waals surface area (Å²) in [6, 6.07) is 0.526. The molecule has 0 atom stereocenters. The van der Waals surface area contributed by atoms with Gasteiger partial charge in [-0.05, 0) is 19.3 Å². The number of halogens is 1. The highest BCUT2D eigenvalue weighted by atomic mass is 35.5. The van der Waals surface area contributed by atoms with Gasteiger partial charge in [0, 0.05) is 12.1 Å². The van der Waals surface area contributed by atoms with Crippen LogP contribution in [0.15, 0.2) is 6.20 Å². The molecule has 1 aromatic heterocycles. The summed E-state index contributed by atoms with van der Waals surface area (Å²) in [5.74, 6) is 0. The van der Waals surface area contributed by atoms with Crippen molar-refractivity contribution in [3.8, 4) is 0 Å². The van der Waals surface area contributed by atoms with E-state index in [0.29, 0.717) is 12.6 Å². The number of hydrogen-bond donors (Lipinski definition) is 1. The van der Waals surface area contributed by atoms with Gasteiger partial charge in [0.05, 0.1) is 12.2 Å². The molecule has 0 spiro atoms. The van der Waals surface area contributed by atoms with Gasteiger partial charge in [-0.25, -0.2) is 0 Å². The molecule has 12 heavy (non-hydrogen) atoms. The van der Waals surface area contributed by atoms with Crippen molar-refractivity contribution in [2.24, 2.45) is 5.73 Å². The lowest BCUT2D eigenvalue weighted by molar-refractivity contribution is 0.289. The quantitative estimate of drug-likeness (QED) is 0.763. The molecule has 4 heteroatoms. The molecule has 0 unspecified atom stereocenters. The zero-order valence-corrected chi connectivity index (χ0v) is 7.59. The maximum atomic E-state index is 6.05. The third-order valence-electron chi connectivity index (χ3n) is 2.44. The fourth-order valence-electron chi connectivity index (χ4n) is 1.41. The lowest BCUT2D eigenvalue weighted by Gasteiger charge is -2.26. The summed E-state index contributed by atoms with van der Waals surface area (Å²) in [6.07, 6.45) is 5.45. The van der Waals surface area contributed by atoms with Crippen molar-refractivity contribution in [2.75, 3.05) is 0 Å². The average molecular weight is 186 g/mol. The Bertz CT molecular complexity index is 278. The maximum absolute atomic E-state index is 6.05. The van der Waals surface area contributed by atoms with Crippen LogP contribution in [0.25, 0.3) is 0 Å². The second-order valence-corrected chi connectivity index (χ2v) is 3.55. The molecule has 0 aliphatic heterocycles. The zero-order chi connectivity index (χ0) is 8.55. The Kier molecular flexibility index (Phi) is 2.07. The Morgan fingerprint density at radius 1 is 1.67 bits per heavy atom. The monoisotopic (exact) mass is 185 g/mol. The summed E-state index contributed by atoms with van der Waals surface area (Å²) >= 11 is 6.05. The van der Waals surface area contributed by atoms with Gasteiger partial charge in [-0.15, -0.1) is 0 Å². The first kappa shape index (κ1) is 8.08. The third kappa shape index (κ3) is 1.13. The Morgan fingerprint density at radius 3 is 2.83 bits per heavy atom. The molecule has 0 bridgehead atoms. The molecule has 1 aliphatic rings. The first-order valence-corrected chi connectivity index (χ1v) is 4.62. The molecule has 0 saturated heterocycles. The second-order valence-electron chi connectivity index (χ2n) is 3.19. The second kappa shape index (κ2) is 3.07. The SMILES string of the molecule is NCc1cnn(C2CCC2)c1Cl. The predicted molar refractivity (Wildman–Crippen MR) is 48.0 cm³/mol. The van der Waals surface area contributed by atoms with E-state index in [1.54, 1.807) is 6.20 Å². The number of rotatable bonds is 2. The van der Waals surface area contributed by atoms with Gasteiger partial charge in [-0.3, -0.25) is 4.68 Å². The first-order chi connectivity index (χ1) is 5.83. The van der Waals surface area contributed by atoms with Crippen LogP contribution in [0.5, 0.6) is 0 Å². The van der Waals surface area contributed by atoms with E-state index in [0.717, 1.165) is 10.7 Å². The fourth-order valence-corrected chi connectivity index (χ4v) is 1.71. The summed E-state index contributed by atoms with van der Waals surface area (Å²) in [7, 11) is 0. The van der Waals surface area contributed by atoms with E-state index in [4.69, 9.17) is 17.3 Å². The summed E-state index contributed by atoms with van der Waals surface area (Å²) < 4.78 is 1.90. The van der Waals surface area contributed by atoms with Gasteiger partial charge < -0.3 is 5.73 Å². The van der Waals surface area contributed by atoms with Gasteiger partial charge in [-0.2, -0.15) is 5.10 Å². The molecule has 3 nitrogen and oxygen atoms in total. The van der Waals surface area contributed by atoms with E-state index < -0.39 is 0 Å². The van der Waals surface area contributed by atoms with Crippen molar-refractivity contribution in [1.29, 1.82) is 0 Å². The van der Waals surface area contributed by atoms with Crippen LogP contribution in [-0.4, -0.2) is 9.78 Å². The lowest BCUT2D eigenvalue weighted by Crippen LogP contribution is -2.18. The molecule has 1 heterocycles. The van der Waals surface area contributed by atoms with Crippen LogP contribution in [0.1, 0.15) is 30.9 Å². The lowest BCUT2D eigenvalue weighted by atomic mass is 9.93. The average Bonchev–Trinajstić information content (AvgIpc) is 2.30. The van der Waals surface area contributed by atoms with Gasteiger partial charge in [-0.1, -0.05) is 11.6 Å². The van der Waals surface area contributed by atoms with E-state index in [1.165, 1.54) is 19.3 Å². The van der Waals surface area contributed by atoms with Crippen LogP contribution in [0.2, 0.25) is 5.15 Å². The van der Waals surface area contributed by atoms with Gasteiger partial charge in [0.25, 0.3) is 0 Å². The van der Waals surface area contributed by atoms with Gasteiger partial charge >= 0.3 is 0 Å². The molecule has 2 rings (SSSR count). The summed E-state index contributed by atoms with van der Waals surface area (Å²) in [4.78, 5) is 0. The van der Waals surface area contributed by atoms with Gasteiger partial charge in [0.1, 0.15) is 5.15 Å². The zero-order valence-electron chi connectivity index (χ0n) is 6.83. The smallest absolute Gasteiger partial charge is 0.131 e. The topological polar surface area (TPSA) is 43.8 Å². The number of aromatic nitrogens is 2. The van der Waals surface area contributed by atoms with Gasteiger partial charge in [0.15, 0.2) is 0 Å². The van der Waals surface area contributed by atoms with Crippen LogP contribution < -0.4 is 5.73 Å². The highest BCUT2D eigenvalue weighted by Gasteiger charge is 2.22. The largest absolute Gasteiger partial charge is 0.326 e. The predicted octanol–water partition coefficient (Wildman–Crippen LogP) is 1.72. The van der Waals surface area contributed by atoms with Crippen molar-refractivity contribution in [3.05, 3.63) is 16.9 Å². The summed E-state index contributed by atoms with van der Waals surface area (Å²) in [5.41, 5.74) is 6.43. The normalized spacial score (nSPS) is 17.8. The molecule has 2 N–H and O–H groups in total. The standard InChI is InChI=1S/C8H12ClN3/c9-8-6(4-10)5-11-12(8)7-2-1-3-7/h5,7H,1-4,10H2. The van der Waals surface area contributed by atoms with E-state index >= 15 is 0 Å². The summed E-state index contributed by atoms with van der Waals surface area (Å²) in [6.45, 7) is 0.478. The number of nitrogens with zero attached hydrogens (tertiary/aromatic N) is 2. The minimum atomic E-state index is 0.478. The van der Waals surface area contributed by atoms with Crippen molar-refractivity contribution in [1.82, 2.24) is 9.78 Å². The molecule has 0 aromatic carbocycles. The third-order valence-corrected chi connectivity index (χ3v) is 2.86. The van der Waals surface area contributed by atoms with Gasteiger partial charge in [0.2, 0.25) is 0 Å². The molecule has 0 amide bonds. The Morgan fingerprint density at radius 2 is 2.42 bits per heavy atom. The number of hydrogen-bond acceptors (Lipinski definition) is 2. The molecule has 66 valence electrons. The van der Waals surface area contributed by atoms with Crippen molar-refractivity contribution < 1.29 is 0 Å². The molecule has 1 aliphatic carbocycles. The maximum Gasteiger partial charge on any atom is 0.131 e. The highest BCUT2D eigenvalue weighted by molar-refractivity contribution is 6.30. The molecule has 1 saturated carbocycles. The Balaban J connectivity index is 2.25. The van der Waals surface area contributed by atoms with Crippen LogP contribution in [-0.2, 0) is 6.54 Å². The van der Waals surface area contributed by atoms with Crippen molar-refractivity contribution in [2.45, 2.75) is 31.8 Å². The van der Waals surface area contributed by atoms with E-state index in [1.807, 2.05) is 4.68 Å². The van der Waals surface area contributed by atoms with E-state index in [-0.39, 0.29) is 0 Å². The molecular formula is C8H12ClN3. The van der Waals surface area contributed by atoms with Crippen molar-refractivity contribution in [3.63, 3.8) is 0 Å². The first-order valence-electron chi connectivity index (χ1n) is 4.25. The fraction of sp³-hybridized carbons (Fsp3) is 0.625. The molecule has 1 aromatic rings. The highest BCUT2D eigenvalue weighted by Crippen LogP contribution is 2.34. The minimum Gasteiger partial charge on any atom is -0.326 e. The van der Waals surface area contributed by atoms with E-state index in [2.05, 4.69) is 5.10 Å². The molecule has 1 fully saturated rings. The summed E-state index contributed by atoms with van der Waals surface area (Å²) in [5, 5.41) is 4.94. The Hall–Kier alpha value is -0.540. The van der Waals surface area contributed by atoms with Crippen molar-refractivity contribution >= 4 is 11.6 Å². The Labute approximate surface area is 76.5 Å². The molecule has 0 radical (unpaired) electrons. The number of nitrogens with two attached hydrogens (primary N) is 1. The van der Waals surface area contributed by atoms with Crippen LogP contribution in [0, 0.1) is 0 Å². The van der Waals surface area contributed by atoms with Crippen LogP contribution in [0.4, 0.5) is 0 Å².